The second-order valence-corrected chi connectivity index (χ2v) is 5.59. The van der Waals surface area contributed by atoms with Gasteiger partial charge in [-0.05, 0) is 18.1 Å². The van der Waals surface area contributed by atoms with E-state index in [-0.39, 0.29) is 5.92 Å². The van der Waals surface area contributed by atoms with Crippen molar-refractivity contribution in [3.05, 3.63) is 35.5 Å². The Balaban J connectivity index is 2.38. The second-order valence-electron chi connectivity index (χ2n) is 4.56. The van der Waals surface area contributed by atoms with E-state index in [9.17, 15) is 8.78 Å². The number of anilines is 1. The first kappa shape index (κ1) is 13.9. The predicted octanol–water partition coefficient (Wildman–Crippen LogP) is 3.56. The standard InChI is InChI=1S/C13H15F2N3S/c1-7(2)12-11(16)13(18(3)17-12)19-10-5-4-8(14)6-9(10)15/h4-7H,16H2,1-3H3. The fraction of sp³-hybridized carbons (Fsp3) is 0.308. The summed E-state index contributed by atoms with van der Waals surface area (Å²) in [5.41, 5.74) is 7.36. The fourth-order valence-corrected chi connectivity index (χ4v) is 2.64. The molecule has 1 heterocycles. The van der Waals surface area contributed by atoms with E-state index in [2.05, 4.69) is 5.10 Å². The summed E-state index contributed by atoms with van der Waals surface area (Å²) in [6.45, 7) is 3.98. The number of aromatic nitrogens is 2. The molecule has 3 nitrogen and oxygen atoms in total. The molecule has 1 aromatic carbocycles. The Morgan fingerprint density at radius 2 is 2.00 bits per heavy atom. The van der Waals surface area contributed by atoms with Crippen LogP contribution in [-0.2, 0) is 7.05 Å². The first-order chi connectivity index (χ1) is 8.90. The number of nitrogens with zero attached hydrogens (tertiary/aromatic N) is 2. The third-order valence-electron chi connectivity index (χ3n) is 2.71. The Kier molecular flexibility index (Phi) is 3.80. The number of rotatable bonds is 3. The Hall–Kier alpha value is -1.56. The predicted molar refractivity (Wildman–Crippen MR) is 72.2 cm³/mol. The average molecular weight is 283 g/mol. The number of aryl methyl sites for hydroxylation is 1. The molecule has 0 atom stereocenters. The minimum atomic E-state index is -0.600. The quantitative estimate of drug-likeness (QED) is 0.936. The maximum absolute atomic E-state index is 13.6. The summed E-state index contributed by atoms with van der Waals surface area (Å²) >= 11 is 1.15. The lowest BCUT2D eigenvalue weighted by molar-refractivity contribution is 0.565. The molecule has 0 bridgehead atoms. The summed E-state index contributed by atoms with van der Waals surface area (Å²) < 4.78 is 28.1. The fourth-order valence-electron chi connectivity index (χ4n) is 1.75. The van der Waals surface area contributed by atoms with Gasteiger partial charge in [-0.1, -0.05) is 25.6 Å². The Morgan fingerprint density at radius 1 is 1.32 bits per heavy atom. The van der Waals surface area contributed by atoms with Crippen molar-refractivity contribution < 1.29 is 8.78 Å². The van der Waals surface area contributed by atoms with E-state index in [1.54, 1.807) is 11.7 Å². The highest BCUT2D eigenvalue weighted by Crippen LogP contribution is 2.36. The van der Waals surface area contributed by atoms with Gasteiger partial charge in [-0.3, -0.25) is 4.68 Å². The van der Waals surface area contributed by atoms with Gasteiger partial charge < -0.3 is 5.73 Å². The van der Waals surface area contributed by atoms with Gasteiger partial charge in [-0.15, -0.1) is 0 Å². The number of halogens is 2. The molecule has 0 aliphatic rings. The van der Waals surface area contributed by atoms with Gasteiger partial charge in [0.2, 0.25) is 0 Å². The SMILES string of the molecule is CC(C)c1nn(C)c(Sc2ccc(F)cc2F)c1N. The van der Waals surface area contributed by atoms with E-state index < -0.39 is 11.6 Å². The topological polar surface area (TPSA) is 43.8 Å². The average Bonchev–Trinajstić information content (AvgIpc) is 2.60. The Bertz CT molecular complexity index is 608. The Labute approximate surface area is 114 Å². The second kappa shape index (κ2) is 5.21. The van der Waals surface area contributed by atoms with Crippen molar-refractivity contribution in [1.82, 2.24) is 9.78 Å². The van der Waals surface area contributed by atoms with Gasteiger partial charge in [0.05, 0.1) is 11.4 Å². The first-order valence-electron chi connectivity index (χ1n) is 5.85. The van der Waals surface area contributed by atoms with Crippen LogP contribution in [0.25, 0.3) is 0 Å². The number of hydrogen-bond acceptors (Lipinski definition) is 3. The van der Waals surface area contributed by atoms with E-state index >= 15 is 0 Å². The van der Waals surface area contributed by atoms with Gasteiger partial charge in [-0.2, -0.15) is 5.10 Å². The van der Waals surface area contributed by atoms with Crippen molar-refractivity contribution in [2.24, 2.45) is 7.05 Å². The molecule has 2 aromatic rings. The highest BCUT2D eigenvalue weighted by atomic mass is 32.2. The molecule has 19 heavy (non-hydrogen) atoms. The van der Waals surface area contributed by atoms with E-state index in [0.29, 0.717) is 15.6 Å². The molecule has 1 aromatic heterocycles. The molecule has 2 rings (SSSR count). The summed E-state index contributed by atoms with van der Waals surface area (Å²) in [7, 11) is 1.76. The molecule has 102 valence electrons. The van der Waals surface area contributed by atoms with Crippen LogP contribution in [0.5, 0.6) is 0 Å². The lowest BCUT2D eigenvalue weighted by atomic mass is 10.1. The van der Waals surface area contributed by atoms with Crippen LogP contribution in [0.15, 0.2) is 28.1 Å². The summed E-state index contributed by atoms with van der Waals surface area (Å²) in [4.78, 5) is 0.325. The van der Waals surface area contributed by atoms with Gasteiger partial charge in [0, 0.05) is 18.0 Å². The molecule has 0 saturated carbocycles. The highest BCUT2D eigenvalue weighted by molar-refractivity contribution is 7.99. The third kappa shape index (κ3) is 2.73. The molecule has 0 radical (unpaired) electrons. The Morgan fingerprint density at radius 3 is 2.53 bits per heavy atom. The van der Waals surface area contributed by atoms with Crippen LogP contribution in [0, 0.1) is 11.6 Å². The van der Waals surface area contributed by atoms with E-state index in [1.165, 1.54) is 12.1 Å². The minimum Gasteiger partial charge on any atom is -0.395 e. The monoisotopic (exact) mass is 283 g/mol. The summed E-state index contributed by atoms with van der Waals surface area (Å²) in [5.74, 6) is -1.00. The zero-order valence-electron chi connectivity index (χ0n) is 10.9. The van der Waals surface area contributed by atoms with Crippen molar-refractivity contribution in [1.29, 1.82) is 0 Å². The normalized spacial score (nSPS) is 11.3. The van der Waals surface area contributed by atoms with E-state index in [1.807, 2.05) is 13.8 Å². The lowest BCUT2D eigenvalue weighted by Gasteiger charge is -2.05. The third-order valence-corrected chi connectivity index (χ3v) is 3.93. The van der Waals surface area contributed by atoms with Gasteiger partial charge >= 0.3 is 0 Å². The van der Waals surface area contributed by atoms with Gasteiger partial charge in [0.15, 0.2) is 0 Å². The number of nitrogens with two attached hydrogens (primary N) is 1. The highest BCUT2D eigenvalue weighted by Gasteiger charge is 2.18. The minimum absolute atomic E-state index is 0.193. The molecule has 0 aliphatic carbocycles. The molecule has 0 spiro atoms. The van der Waals surface area contributed by atoms with Crippen LogP contribution in [0.4, 0.5) is 14.5 Å². The summed E-state index contributed by atoms with van der Waals surface area (Å²) in [6, 6.07) is 3.48. The molecule has 0 amide bonds. The van der Waals surface area contributed by atoms with Crippen molar-refractivity contribution in [3.63, 3.8) is 0 Å². The molecule has 0 fully saturated rings. The van der Waals surface area contributed by atoms with Crippen LogP contribution in [0.3, 0.4) is 0 Å². The zero-order valence-corrected chi connectivity index (χ0v) is 11.8. The summed E-state index contributed by atoms with van der Waals surface area (Å²) in [5, 5.41) is 4.99. The van der Waals surface area contributed by atoms with Crippen molar-refractivity contribution in [3.8, 4) is 0 Å². The summed E-state index contributed by atoms with van der Waals surface area (Å²) in [6.07, 6.45) is 0. The number of nitrogen functional groups attached to an aromatic ring is 1. The maximum atomic E-state index is 13.6. The number of hydrogen-bond donors (Lipinski definition) is 1. The molecule has 2 N–H and O–H groups in total. The first-order valence-corrected chi connectivity index (χ1v) is 6.67. The molecule has 0 saturated heterocycles. The van der Waals surface area contributed by atoms with Gasteiger partial charge in [-0.25, -0.2) is 8.78 Å². The molecular formula is C13H15F2N3S. The van der Waals surface area contributed by atoms with Crippen LogP contribution in [0.1, 0.15) is 25.5 Å². The van der Waals surface area contributed by atoms with Gasteiger partial charge in [0.25, 0.3) is 0 Å². The van der Waals surface area contributed by atoms with Crippen molar-refractivity contribution >= 4 is 17.4 Å². The largest absolute Gasteiger partial charge is 0.395 e. The van der Waals surface area contributed by atoms with Crippen LogP contribution >= 0.6 is 11.8 Å². The van der Waals surface area contributed by atoms with Crippen LogP contribution in [-0.4, -0.2) is 9.78 Å². The maximum Gasteiger partial charge on any atom is 0.140 e. The van der Waals surface area contributed by atoms with Crippen molar-refractivity contribution in [2.45, 2.75) is 29.7 Å². The number of benzene rings is 1. The molecule has 0 aliphatic heterocycles. The van der Waals surface area contributed by atoms with Crippen LogP contribution in [0.2, 0.25) is 0 Å². The molecule has 0 unspecified atom stereocenters. The zero-order chi connectivity index (χ0) is 14.2. The lowest BCUT2D eigenvalue weighted by Crippen LogP contribution is -1.95. The van der Waals surface area contributed by atoms with Crippen molar-refractivity contribution in [2.75, 3.05) is 5.73 Å². The van der Waals surface area contributed by atoms with Gasteiger partial charge in [0.1, 0.15) is 16.7 Å². The smallest absolute Gasteiger partial charge is 0.140 e. The van der Waals surface area contributed by atoms with E-state index in [0.717, 1.165) is 23.5 Å². The van der Waals surface area contributed by atoms with E-state index in [4.69, 9.17) is 5.73 Å². The van der Waals surface area contributed by atoms with Crippen LogP contribution < -0.4 is 5.73 Å². The molecular weight excluding hydrogens is 268 g/mol. The molecule has 6 heteroatoms.